The molecule has 0 spiro atoms. The van der Waals surface area contributed by atoms with Crippen LogP contribution >= 0.6 is 0 Å². The maximum atomic E-state index is 14.1. The summed E-state index contributed by atoms with van der Waals surface area (Å²) in [5, 5.41) is 21.2. The Balaban J connectivity index is 1.37. The van der Waals surface area contributed by atoms with Crippen LogP contribution in [0.5, 0.6) is 11.5 Å². The molecule has 51 heavy (non-hydrogen) atoms. The van der Waals surface area contributed by atoms with Gasteiger partial charge < -0.3 is 19.5 Å². The minimum absolute atomic E-state index is 0.0351. The number of carbonyl (C=O) groups excluding carboxylic acids is 2. The largest absolute Gasteiger partial charge is 0.507 e. The van der Waals surface area contributed by atoms with Crippen molar-refractivity contribution in [1.82, 2.24) is 0 Å². The molecule has 2 amide bonds. The number of hydrogen-bond acceptors (Lipinski definition) is 6. The van der Waals surface area contributed by atoms with E-state index in [2.05, 4.69) is 0 Å². The van der Waals surface area contributed by atoms with Crippen LogP contribution in [0.15, 0.2) is 89.5 Å². The van der Waals surface area contributed by atoms with E-state index in [0.717, 1.165) is 5.57 Å². The number of imide groups is 1. The van der Waals surface area contributed by atoms with E-state index in [1.807, 2.05) is 13.0 Å². The van der Waals surface area contributed by atoms with E-state index in [1.165, 1.54) is 0 Å². The summed E-state index contributed by atoms with van der Waals surface area (Å²) < 4.78 is 94.7. The van der Waals surface area contributed by atoms with E-state index in [0.29, 0.717) is 58.8 Å². The lowest BCUT2D eigenvalue weighted by molar-refractivity contribution is -0.143. The zero-order chi connectivity index (χ0) is 36.7. The van der Waals surface area contributed by atoms with Crippen molar-refractivity contribution in [3.8, 4) is 11.5 Å². The number of ether oxygens (including phenoxy) is 1. The molecule has 2 aliphatic heterocycles. The highest BCUT2D eigenvalue weighted by atomic mass is 19.4. The van der Waals surface area contributed by atoms with Crippen molar-refractivity contribution in [1.29, 1.82) is 0 Å². The molecule has 7 nitrogen and oxygen atoms in total. The Morgan fingerprint density at radius 3 is 2.22 bits per heavy atom. The Bertz CT molecular complexity index is 1830. The predicted molar refractivity (Wildman–Crippen MR) is 176 cm³/mol. The van der Waals surface area contributed by atoms with Crippen molar-refractivity contribution in [3.05, 3.63) is 106 Å². The van der Waals surface area contributed by atoms with E-state index in [9.17, 15) is 46.1 Å². The number of phenolic OH excluding ortho intramolecular Hbond substituents is 1. The molecule has 268 valence electrons. The number of phenols is 1. The van der Waals surface area contributed by atoms with Crippen LogP contribution in [0.4, 0.5) is 32.0 Å². The molecular formula is C37H34BF6NO6. The number of alkyl halides is 6. The van der Waals surface area contributed by atoms with Crippen LogP contribution in [0.3, 0.4) is 0 Å². The minimum Gasteiger partial charge on any atom is -0.507 e. The van der Waals surface area contributed by atoms with Gasteiger partial charge in [0.05, 0.1) is 34.8 Å². The first kappa shape index (κ1) is 36.2. The number of hydrogen-bond donors (Lipinski definition) is 2. The predicted octanol–water partition coefficient (Wildman–Crippen LogP) is 8.08. The number of rotatable bonds is 9. The summed E-state index contributed by atoms with van der Waals surface area (Å²) in [7, 11) is -1.37. The standard InChI is InChI=1S/C37H34BF6NO6/c1-2-21(14-22-8-6-7-11-30(22)46)12-13-31-32-23(20-50-27-9-4-3-5-10-27)15-28-33(29(32)19-38(49)51-31)35(48)45(34(28)47)26-17-24(36(39,40)41)16-25(18-26)37(42,43)44/h3-11,14,16-18,28-29,31,33,46,49H,2,12-13,15,19-20H2,1H3/b21-14+/t28-,29+,31-,33-/m1/s1. The summed E-state index contributed by atoms with van der Waals surface area (Å²) in [6.07, 6.45) is -8.03. The van der Waals surface area contributed by atoms with Gasteiger partial charge >= 0.3 is 19.5 Å². The van der Waals surface area contributed by atoms with Gasteiger partial charge in [-0.15, -0.1) is 0 Å². The van der Waals surface area contributed by atoms with Gasteiger partial charge in [0, 0.05) is 5.56 Å². The molecule has 3 aromatic rings. The smallest absolute Gasteiger partial charge is 0.455 e. The second-order valence-electron chi connectivity index (χ2n) is 12.9. The number of para-hydroxylation sites is 2. The normalized spacial score (nSPS) is 22.7. The highest BCUT2D eigenvalue weighted by Gasteiger charge is 2.58. The third-order valence-corrected chi connectivity index (χ3v) is 9.77. The zero-order valence-corrected chi connectivity index (χ0v) is 27.4. The van der Waals surface area contributed by atoms with Crippen molar-refractivity contribution in [2.75, 3.05) is 11.5 Å². The summed E-state index contributed by atoms with van der Waals surface area (Å²) in [4.78, 5) is 28.5. The number of nitrogens with zero attached hydrogens (tertiary/aromatic N) is 1. The summed E-state index contributed by atoms with van der Waals surface area (Å²) in [5.74, 6) is -4.35. The zero-order valence-electron chi connectivity index (χ0n) is 27.4. The molecular weight excluding hydrogens is 679 g/mol. The molecule has 2 fully saturated rings. The number of aromatic hydroxyl groups is 1. The van der Waals surface area contributed by atoms with Gasteiger partial charge in [0.15, 0.2) is 0 Å². The summed E-state index contributed by atoms with van der Waals surface area (Å²) in [6, 6.07) is 16.3. The first-order chi connectivity index (χ1) is 24.2. The second-order valence-corrected chi connectivity index (χ2v) is 12.9. The van der Waals surface area contributed by atoms with E-state index in [1.54, 1.807) is 54.6 Å². The number of benzene rings is 3. The van der Waals surface area contributed by atoms with Gasteiger partial charge in [-0.3, -0.25) is 9.59 Å². The first-order valence-electron chi connectivity index (χ1n) is 16.5. The number of carbonyl (C=O) groups is 2. The third-order valence-electron chi connectivity index (χ3n) is 9.77. The fraction of sp³-hybridized carbons (Fsp3) is 0.351. The molecule has 0 saturated carbocycles. The average molecular weight is 713 g/mol. The molecule has 2 saturated heterocycles. The molecule has 14 heteroatoms. The molecule has 1 aliphatic carbocycles. The summed E-state index contributed by atoms with van der Waals surface area (Å²) in [5.41, 5.74) is -1.32. The topological polar surface area (TPSA) is 96.3 Å². The number of amides is 2. The van der Waals surface area contributed by atoms with E-state index in [4.69, 9.17) is 9.39 Å². The Labute approximate surface area is 290 Å². The Hall–Kier alpha value is -4.56. The van der Waals surface area contributed by atoms with E-state index < -0.39 is 72.0 Å². The van der Waals surface area contributed by atoms with Crippen molar-refractivity contribution >= 4 is 30.7 Å². The Morgan fingerprint density at radius 2 is 1.59 bits per heavy atom. The number of allylic oxidation sites excluding steroid dienone is 1. The lowest BCUT2D eigenvalue weighted by Gasteiger charge is -2.43. The summed E-state index contributed by atoms with van der Waals surface area (Å²) >= 11 is 0. The van der Waals surface area contributed by atoms with Crippen LogP contribution in [0.2, 0.25) is 6.32 Å². The molecule has 3 aliphatic rings. The number of anilines is 1. The van der Waals surface area contributed by atoms with Crippen molar-refractivity contribution in [2.24, 2.45) is 17.8 Å². The molecule has 0 unspecified atom stereocenters. The van der Waals surface area contributed by atoms with Crippen molar-refractivity contribution in [2.45, 2.75) is 57.4 Å². The Kier molecular flexibility index (Phi) is 10.1. The molecule has 0 bridgehead atoms. The highest BCUT2D eigenvalue weighted by Crippen LogP contribution is 2.52. The first-order valence-corrected chi connectivity index (χ1v) is 16.5. The number of halogens is 6. The van der Waals surface area contributed by atoms with Crippen LogP contribution in [0.25, 0.3) is 6.08 Å². The molecule has 4 atom stereocenters. The second kappa shape index (κ2) is 14.2. The molecule has 6 rings (SSSR count). The van der Waals surface area contributed by atoms with Crippen LogP contribution in [-0.2, 0) is 26.6 Å². The van der Waals surface area contributed by atoms with Gasteiger partial charge in [0.25, 0.3) is 0 Å². The fourth-order valence-corrected chi connectivity index (χ4v) is 7.40. The monoisotopic (exact) mass is 713 g/mol. The lowest BCUT2D eigenvalue weighted by atomic mass is 9.58. The van der Waals surface area contributed by atoms with Gasteiger partial charge in [-0.25, -0.2) is 4.90 Å². The quantitative estimate of drug-likeness (QED) is 0.101. The van der Waals surface area contributed by atoms with Gasteiger partial charge in [-0.05, 0) is 85.5 Å². The minimum atomic E-state index is -5.19. The van der Waals surface area contributed by atoms with Gasteiger partial charge in [0.1, 0.15) is 18.1 Å². The molecule has 2 heterocycles. The maximum absolute atomic E-state index is 14.1. The van der Waals surface area contributed by atoms with Crippen molar-refractivity contribution in [3.63, 3.8) is 0 Å². The van der Waals surface area contributed by atoms with Gasteiger partial charge in [-0.2, -0.15) is 26.3 Å². The SMILES string of the molecule is CC/C(=C\c1ccccc1O)CC[C@H]1OB(O)C[C@H]2C1=C(COc1ccccc1)C[C@H]1C(=O)N(c3cc(C(F)(F)F)cc(C(F)(F)F)c3)C(=O)[C@H]12. The Morgan fingerprint density at radius 1 is 0.941 bits per heavy atom. The third kappa shape index (κ3) is 7.57. The molecule has 0 radical (unpaired) electrons. The average Bonchev–Trinajstić information content (AvgIpc) is 3.34. The summed E-state index contributed by atoms with van der Waals surface area (Å²) in [6.45, 7) is 1.91. The fourth-order valence-electron chi connectivity index (χ4n) is 7.40. The van der Waals surface area contributed by atoms with Crippen LogP contribution in [0, 0.1) is 17.8 Å². The lowest BCUT2D eigenvalue weighted by Crippen LogP contribution is -2.46. The van der Waals surface area contributed by atoms with E-state index >= 15 is 0 Å². The van der Waals surface area contributed by atoms with Gasteiger partial charge in [0.2, 0.25) is 11.8 Å². The maximum Gasteiger partial charge on any atom is 0.455 e. The van der Waals surface area contributed by atoms with Crippen LogP contribution < -0.4 is 9.64 Å². The van der Waals surface area contributed by atoms with Crippen molar-refractivity contribution < 1.29 is 55.5 Å². The molecule has 0 aromatic heterocycles. The van der Waals surface area contributed by atoms with Gasteiger partial charge in [-0.1, -0.05) is 55.0 Å². The van der Waals surface area contributed by atoms with E-state index in [-0.39, 0.29) is 31.2 Å². The van der Waals surface area contributed by atoms with Crippen LogP contribution in [0.1, 0.15) is 49.3 Å². The number of fused-ring (bicyclic) bond motifs is 3. The van der Waals surface area contributed by atoms with Crippen LogP contribution in [-0.4, -0.2) is 41.8 Å². The molecule has 2 N–H and O–H groups in total. The highest BCUT2D eigenvalue weighted by molar-refractivity contribution is 6.43. The molecule has 3 aromatic carbocycles.